The van der Waals surface area contributed by atoms with Crippen molar-refractivity contribution >= 4 is 6.29 Å². The predicted octanol–water partition coefficient (Wildman–Crippen LogP) is 4.59. The quantitative estimate of drug-likeness (QED) is 0.191. The molecular formula is C17H30O5. The summed E-state index contributed by atoms with van der Waals surface area (Å²) in [7, 11) is 0. The molecule has 0 saturated carbocycles. The van der Waals surface area contributed by atoms with Crippen LogP contribution in [0, 0.1) is 0 Å². The summed E-state index contributed by atoms with van der Waals surface area (Å²) >= 11 is 0. The molecule has 5 nitrogen and oxygen atoms in total. The molecule has 0 aromatic rings. The van der Waals surface area contributed by atoms with Gasteiger partial charge in [0.1, 0.15) is 0 Å². The number of rotatable bonds is 15. The molecular weight excluding hydrogens is 284 g/mol. The van der Waals surface area contributed by atoms with E-state index in [2.05, 4.69) is 6.92 Å². The van der Waals surface area contributed by atoms with E-state index in [4.69, 9.17) is 19.6 Å². The van der Waals surface area contributed by atoms with Crippen LogP contribution in [0.1, 0.15) is 90.4 Å². The van der Waals surface area contributed by atoms with Crippen molar-refractivity contribution in [3.8, 4) is 0 Å². The van der Waals surface area contributed by atoms with Crippen LogP contribution >= 0.6 is 0 Å². The number of hydrogen-bond acceptors (Lipinski definition) is 5. The molecule has 128 valence electrons. The Labute approximate surface area is 133 Å². The first kappa shape index (κ1) is 17.9. The van der Waals surface area contributed by atoms with Gasteiger partial charge in [-0.15, -0.1) is 0 Å². The van der Waals surface area contributed by atoms with E-state index in [1.165, 1.54) is 64.2 Å². The van der Waals surface area contributed by atoms with Crippen molar-refractivity contribution in [2.75, 3.05) is 0 Å². The molecule has 2 rings (SSSR count). The number of carbonyl (C=O) groups excluding carboxylic acids is 1. The lowest BCUT2D eigenvalue weighted by Crippen LogP contribution is -2.34. The fourth-order valence-electron chi connectivity index (χ4n) is 2.92. The highest BCUT2D eigenvalue weighted by atomic mass is 17.5. The van der Waals surface area contributed by atoms with E-state index >= 15 is 0 Å². The van der Waals surface area contributed by atoms with Gasteiger partial charge in [0, 0.05) is 6.42 Å². The fraction of sp³-hybridized carbons (Fsp3) is 0.941. The zero-order valence-electron chi connectivity index (χ0n) is 13.8. The summed E-state index contributed by atoms with van der Waals surface area (Å²) in [6, 6.07) is 0. The van der Waals surface area contributed by atoms with Crippen molar-refractivity contribution in [2.24, 2.45) is 0 Å². The van der Waals surface area contributed by atoms with Crippen molar-refractivity contribution in [2.45, 2.75) is 102 Å². The van der Waals surface area contributed by atoms with E-state index in [1.807, 2.05) is 0 Å². The van der Waals surface area contributed by atoms with Crippen LogP contribution in [0.5, 0.6) is 0 Å². The van der Waals surface area contributed by atoms with E-state index in [-0.39, 0.29) is 0 Å². The molecule has 0 aromatic heterocycles. The van der Waals surface area contributed by atoms with Gasteiger partial charge in [-0.3, -0.25) is 4.79 Å². The van der Waals surface area contributed by atoms with Crippen LogP contribution in [0.4, 0.5) is 0 Å². The Balaban J connectivity index is 1.36. The van der Waals surface area contributed by atoms with E-state index in [0.29, 0.717) is 12.7 Å². The Morgan fingerprint density at radius 3 is 1.50 bits per heavy atom. The molecule has 22 heavy (non-hydrogen) atoms. The molecule has 0 aromatic carbocycles. The Morgan fingerprint density at radius 2 is 1.14 bits per heavy atom. The first-order valence-electron chi connectivity index (χ1n) is 8.98. The van der Waals surface area contributed by atoms with E-state index < -0.39 is 11.6 Å². The normalized spacial score (nSPS) is 20.8. The van der Waals surface area contributed by atoms with Gasteiger partial charge in [0.15, 0.2) is 6.29 Å². The highest BCUT2D eigenvalue weighted by Crippen LogP contribution is 2.53. The lowest BCUT2D eigenvalue weighted by Gasteiger charge is -2.06. The van der Waals surface area contributed by atoms with Crippen molar-refractivity contribution < 1.29 is 24.3 Å². The third kappa shape index (κ3) is 5.01. The van der Waals surface area contributed by atoms with Crippen molar-refractivity contribution in [3.63, 3.8) is 0 Å². The van der Waals surface area contributed by atoms with Crippen LogP contribution in [-0.2, 0) is 24.3 Å². The first-order chi connectivity index (χ1) is 10.8. The lowest BCUT2D eigenvalue weighted by molar-refractivity contribution is -0.115. The van der Waals surface area contributed by atoms with Gasteiger partial charge >= 0.3 is 5.79 Å². The van der Waals surface area contributed by atoms with Crippen LogP contribution in [0.25, 0.3) is 0 Å². The molecule has 2 heterocycles. The molecule has 0 N–H and O–H groups in total. The summed E-state index contributed by atoms with van der Waals surface area (Å²) in [4.78, 5) is 30.2. The molecule has 2 saturated heterocycles. The minimum absolute atomic E-state index is 0.612. The average molecular weight is 314 g/mol. The van der Waals surface area contributed by atoms with Gasteiger partial charge in [-0.2, -0.15) is 19.6 Å². The Bertz CT molecular complexity index is 323. The maximum atomic E-state index is 10.9. The monoisotopic (exact) mass is 314 g/mol. The van der Waals surface area contributed by atoms with Crippen molar-refractivity contribution in [1.29, 1.82) is 0 Å². The molecule has 0 atom stereocenters. The minimum atomic E-state index is -1.29. The molecule has 0 spiro atoms. The maximum Gasteiger partial charge on any atom is 0.346 e. The first-order valence-corrected chi connectivity index (χ1v) is 8.98. The van der Waals surface area contributed by atoms with Crippen molar-refractivity contribution in [3.05, 3.63) is 0 Å². The van der Waals surface area contributed by atoms with Gasteiger partial charge < -0.3 is 0 Å². The smallest absolute Gasteiger partial charge is 0.297 e. The Morgan fingerprint density at radius 1 is 0.682 bits per heavy atom. The summed E-state index contributed by atoms with van der Waals surface area (Å²) in [5.41, 5.74) is 0. The van der Waals surface area contributed by atoms with Crippen LogP contribution in [0.2, 0.25) is 0 Å². The van der Waals surface area contributed by atoms with Crippen LogP contribution in [-0.4, -0.2) is 17.9 Å². The molecule has 0 aliphatic carbocycles. The zero-order chi connectivity index (χ0) is 15.7. The second-order valence-corrected chi connectivity index (χ2v) is 6.51. The molecule has 0 bridgehead atoms. The number of unbranched alkanes of at least 4 members (excludes halogenated alkanes) is 11. The van der Waals surface area contributed by atoms with Crippen LogP contribution in [0.3, 0.4) is 0 Å². The maximum absolute atomic E-state index is 10.9. The molecule has 0 radical (unpaired) electrons. The molecule has 0 amide bonds. The van der Waals surface area contributed by atoms with E-state index in [9.17, 15) is 4.79 Å². The zero-order valence-corrected chi connectivity index (χ0v) is 13.8. The third-order valence-electron chi connectivity index (χ3n) is 4.59. The lowest BCUT2D eigenvalue weighted by atomic mass is 10.0. The Kier molecular flexibility index (Phi) is 7.28. The van der Waals surface area contributed by atoms with Crippen LogP contribution in [0.15, 0.2) is 0 Å². The standard InChI is InChI=1S/C17H30O5/c1-2-3-4-5-6-7-8-9-10-11-12-13-14-16(19-20-16)17(15-18)21-22-17/h15H,2-14H2,1H3. The molecule has 2 aliphatic rings. The van der Waals surface area contributed by atoms with E-state index in [1.54, 1.807) is 0 Å². The molecule has 2 fully saturated rings. The van der Waals surface area contributed by atoms with Gasteiger partial charge in [0.2, 0.25) is 0 Å². The van der Waals surface area contributed by atoms with Crippen LogP contribution < -0.4 is 0 Å². The molecule has 0 unspecified atom stereocenters. The number of aldehydes is 1. The minimum Gasteiger partial charge on any atom is -0.297 e. The molecule has 5 heteroatoms. The third-order valence-corrected chi connectivity index (χ3v) is 4.59. The predicted molar refractivity (Wildman–Crippen MR) is 81.6 cm³/mol. The highest BCUT2D eigenvalue weighted by Gasteiger charge is 2.77. The van der Waals surface area contributed by atoms with Gasteiger partial charge in [0.25, 0.3) is 5.79 Å². The fourth-order valence-corrected chi connectivity index (χ4v) is 2.92. The molecule has 2 aliphatic heterocycles. The Hall–Kier alpha value is -0.490. The topological polar surface area (TPSA) is 67.2 Å². The van der Waals surface area contributed by atoms with Crippen molar-refractivity contribution in [1.82, 2.24) is 0 Å². The SMILES string of the molecule is CCCCCCCCCCCCCCC1(C2(C=O)OO2)OO1. The summed E-state index contributed by atoms with van der Waals surface area (Å²) in [5.74, 6) is -2.25. The second kappa shape index (κ2) is 8.96. The highest BCUT2D eigenvalue weighted by molar-refractivity contribution is 5.64. The number of hydrogen-bond donors (Lipinski definition) is 0. The van der Waals surface area contributed by atoms with Gasteiger partial charge in [-0.25, -0.2) is 0 Å². The van der Waals surface area contributed by atoms with Gasteiger partial charge in [-0.05, 0) is 6.42 Å². The summed E-state index contributed by atoms with van der Waals surface area (Å²) < 4.78 is 0. The summed E-state index contributed by atoms with van der Waals surface area (Å²) in [5, 5.41) is 0. The number of carbonyl (C=O) groups is 1. The van der Waals surface area contributed by atoms with Gasteiger partial charge in [-0.1, -0.05) is 77.6 Å². The van der Waals surface area contributed by atoms with E-state index in [0.717, 1.165) is 12.8 Å². The second-order valence-electron chi connectivity index (χ2n) is 6.51. The van der Waals surface area contributed by atoms with Gasteiger partial charge in [0.05, 0.1) is 0 Å². The largest absolute Gasteiger partial charge is 0.346 e. The summed E-state index contributed by atoms with van der Waals surface area (Å²) in [6.45, 7) is 2.26. The average Bonchev–Trinajstić information content (AvgIpc) is 3.42. The summed E-state index contributed by atoms with van der Waals surface area (Å²) in [6.07, 6.45) is 16.8.